The molecule has 5 N–H and O–H groups in total. The maximum Gasteiger partial charge on any atom is 0.303 e. The van der Waals surface area contributed by atoms with Crippen molar-refractivity contribution in [3.63, 3.8) is 0 Å². The molecule has 9 saturated heterocycles. The van der Waals surface area contributed by atoms with Crippen molar-refractivity contribution in [2.24, 2.45) is 17.8 Å². The lowest BCUT2D eigenvalue weighted by Crippen LogP contribution is -2.74. The average molecular weight is 1040 g/mol. The summed E-state index contributed by atoms with van der Waals surface area (Å²) in [5.74, 6) is -0.716. The van der Waals surface area contributed by atoms with Gasteiger partial charge in [-0.05, 0) is 122 Å². The lowest BCUT2D eigenvalue weighted by Gasteiger charge is -2.61. The summed E-state index contributed by atoms with van der Waals surface area (Å²) in [6.07, 6.45) is 7.70. The third kappa shape index (κ3) is 11.1. The first-order valence-electron chi connectivity index (χ1n) is 28.6. The quantitative estimate of drug-likeness (QED) is 0.138. The number of carboxylic acids is 1. The highest BCUT2D eigenvalue weighted by atomic mass is 16.6. The van der Waals surface area contributed by atoms with Crippen LogP contribution >= 0.6 is 0 Å². The van der Waals surface area contributed by atoms with Crippen molar-refractivity contribution in [2.45, 2.75) is 297 Å². The van der Waals surface area contributed by atoms with E-state index in [0.29, 0.717) is 83.5 Å². The van der Waals surface area contributed by atoms with Gasteiger partial charge in [-0.3, -0.25) is 4.79 Å². The fourth-order valence-electron chi connectivity index (χ4n) is 15.5. The SMILES string of the molecule is C=C1C[C@H]2O[C@@H]3[C@@H](C[C@]2(C)O[C@@H]1C/C(C)=C/[C@@H](C)CO)O[C@H]1C[C@H]2O[C@H]4CC[C@H]5O[C@H]6C[C@H]7O[C@@H](C[C@@H](O)C[C@@H]8C[C@@H](C)[C@@H]([C@@H](C)CC(=O)O)O8)[C@H](O)CC[C@@H]7O[C@]6(C)C[C@]5(C)O[C@@H]4C/C=C\C[C@@H]2O[C@]1(C)[C@H]3O. The number of aliphatic hydroxyl groups excluding tert-OH is 4. The Hall–Kier alpha value is -1.87. The van der Waals surface area contributed by atoms with Gasteiger partial charge >= 0.3 is 5.97 Å². The van der Waals surface area contributed by atoms with E-state index in [1.807, 2.05) is 20.8 Å². The third-order valence-corrected chi connectivity index (χ3v) is 19.4. The van der Waals surface area contributed by atoms with E-state index in [4.69, 9.17) is 47.4 Å². The molecule has 0 aromatic carbocycles. The highest BCUT2D eigenvalue weighted by molar-refractivity contribution is 5.67. The van der Waals surface area contributed by atoms with Crippen molar-refractivity contribution in [3.05, 3.63) is 36.0 Å². The number of carbonyl (C=O) groups is 1. The second kappa shape index (κ2) is 21.6. The molecule has 10 heterocycles. The molecular formula is C58H90O16. The largest absolute Gasteiger partial charge is 0.481 e. The second-order valence-electron chi connectivity index (χ2n) is 25.8. The molecule has 0 saturated carbocycles. The highest BCUT2D eigenvalue weighted by Crippen LogP contribution is 2.53. The molecule has 10 aliphatic heterocycles. The van der Waals surface area contributed by atoms with Gasteiger partial charge in [0.1, 0.15) is 17.8 Å². The Morgan fingerprint density at radius 3 is 2.19 bits per heavy atom. The molecule has 0 spiro atoms. The monoisotopic (exact) mass is 1040 g/mol. The minimum absolute atomic E-state index is 0.0439. The van der Waals surface area contributed by atoms with Crippen LogP contribution in [0, 0.1) is 17.8 Å². The van der Waals surface area contributed by atoms with E-state index < -0.39 is 71.1 Å². The summed E-state index contributed by atoms with van der Waals surface area (Å²) in [6.45, 7) is 20.9. The Labute approximate surface area is 439 Å². The topological polar surface area (TPSA) is 211 Å². The Kier molecular flexibility index (Phi) is 16.2. The van der Waals surface area contributed by atoms with Crippen LogP contribution < -0.4 is 0 Å². The number of ether oxygens (including phenoxy) is 10. The van der Waals surface area contributed by atoms with Crippen LogP contribution in [0.5, 0.6) is 0 Å². The van der Waals surface area contributed by atoms with Crippen molar-refractivity contribution in [3.8, 4) is 0 Å². The number of fused-ring (bicyclic) bond motifs is 8. The number of hydrogen-bond donors (Lipinski definition) is 5. The van der Waals surface area contributed by atoms with Gasteiger partial charge in [0, 0.05) is 38.7 Å². The molecule has 0 amide bonds. The average Bonchev–Trinajstić information content (AvgIpc) is 3.59. The van der Waals surface area contributed by atoms with E-state index in [9.17, 15) is 30.3 Å². The molecule has 0 bridgehead atoms. The molecule has 16 nitrogen and oxygen atoms in total. The van der Waals surface area contributed by atoms with Gasteiger partial charge in [0.15, 0.2) is 0 Å². The molecule has 0 radical (unpaired) electrons. The van der Waals surface area contributed by atoms with Crippen LogP contribution in [0.25, 0.3) is 0 Å². The smallest absolute Gasteiger partial charge is 0.303 e. The van der Waals surface area contributed by atoms with Crippen molar-refractivity contribution in [2.75, 3.05) is 6.61 Å². The number of aliphatic carboxylic acids is 1. The molecule has 16 heteroatoms. The maximum atomic E-state index is 12.3. The summed E-state index contributed by atoms with van der Waals surface area (Å²) < 4.78 is 69.4. The van der Waals surface area contributed by atoms with Crippen LogP contribution in [0.1, 0.15) is 158 Å². The number of aliphatic hydroxyl groups is 4. The number of rotatable bonds is 11. The molecule has 26 atom stereocenters. The first-order chi connectivity index (χ1) is 35.0. The first kappa shape index (κ1) is 55.4. The number of hydrogen-bond acceptors (Lipinski definition) is 15. The van der Waals surface area contributed by atoms with E-state index in [2.05, 4.69) is 59.4 Å². The van der Waals surface area contributed by atoms with Gasteiger partial charge in [0.2, 0.25) is 0 Å². The zero-order valence-corrected chi connectivity index (χ0v) is 45.4. The molecule has 418 valence electrons. The minimum Gasteiger partial charge on any atom is -0.481 e. The molecule has 9 fully saturated rings. The van der Waals surface area contributed by atoms with Crippen LogP contribution in [0.4, 0.5) is 0 Å². The minimum atomic E-state index is -1.03. The van der Waals surface area contributed by atoms with Gasteiger partial charge in [-0.2, -0.15) is 0 Å². The molecule has 0 aromatic heterocycles. The first-order valence-corrected chi connectivity index (χ1v) is 28.6. The summed E-state index contributed by atoms with van der Waals surface area (Å²) >= 11 is 0. The Morgan fingerprint density at radius 2 is 1.45 bits per heavy atom. The molecule has 0 unspecified atom stereocenters. The van der Waals surface area contributed by atoms with E-state index in [1.165, 1.54) is 0 Å². The molecule has 74 heavy (non-hydrogen) atoms. The predicted octanol–water partition coefficient (Wildman–Crippen LogP) is 6.59. The summed E-state index contributed by atoms with van der Waals surface area (Å²) in [6, 6.07) is 0. The van der Waals surface area contributed by atoms with E-state index >= 15 is 0 Å². The van der Waals surface area contributed by atoms with Gasteiger partial charge in [-0.1, -0.05) is 51.2 Å². The summed E-state index contributed by atoms with van der Waals surface area (Å²) in [5.41, 5.74) is -0.912. The lowest BCUT2D eigenvalue weighted by molar-refractivity contribution is -0.367. The van der Waals surface area contributed by atoms with Gasteiger partial charge < -0.3 is 72.9 Å². The predicted molar refractivity (Wildman–Crippen MR) is 271 cm³/mol. The summed E-state index contributed by atoms with van der Waals surface area (Å²) in [5, 5.41) is 54.0. The van der Waals surface area contributed by atoms with Gasteiger partial charge in [-0.15, -0.1) is 0 Å². The van der Waals surface area contributed by atoms with Crippen molar-refractivity contribution >= 4 is 5.97 Å². The fraction of sp³-hybridized carbons (Fsp3) is 0.879. The molecule has 10 rings (SSSR count). The van der Waals surface area contributed by atoms with E-state index in [0.717, 1.165) is 17.6 Å². The second-order valence-corrected chi connectivity index (χ2v) is 25.8. The van der Waals surface area contributed by atoms with Crippen molar-refractivity contribution in [1.82, 2.24) is 0 Å². The van der Waals surface area contributed by atoms with Crippen LogP contribution in [0.2, 0.25) is 0 Å². The van der Waals surface area contributed by atoms with Gasteiger partial charge in [0.05, 0.1) is 127 Å². The summed E-state index contributed by atoms with van der Waals surface area (Å²) in [7, 11) is 0. The van der Waals surface area contributed by atoms with E-state index in [1.54, 1.807) is 0 Å². The lowest BCUT2D eigenvalue weighted by atomic mass is 9.72. The zero-order chi connectivity index (χ0) is 52.6. The Morgan fingerprint density at radius 1 is 0.757 bits per heavy atom. The van der Waals surface area contributed by atoms with Crippen LogP contribution in [-0.4, -0.2) is 176 Å². The normalized spacial score (nSPS) is 51.1. The zero-order valence-electron chi connectivity index (χ0n) is 45.4. The van der Waals surface area contributed by atoms with Crippen LogP contribution in [0.3, 0.4) is 0 Å². The van der Waals surface area contributed by atoms with Gasteiger partial charge in [-0.25, -0.2) is 0 Å². The van der Waals surface area contributed by atoms with Crippen LogP contribution in [0.15, 0.2) is 36.0 Å². The third-order valence-electron chi connectivity index (χ3n) is 19.4. The Bertz CT molecular complexity index is 2070. The van der Waals surface area contributed by atoms with E-state index in [-0.39, 0.29) is 110 Å². The Balaban J connectivity index is 0.777. The van der Waals surface area contributed by atoms with Crippen molar-refractivity contribution in [1.29, 1.82) is 0 Å². The molecular weight excluding hydrogens is 953 g/mol. The van der Waals surface area contributed by atoms with Gasteiger partial charge in [0.25, 0.3) is 0 Å². The van der Waals surface area contributed by atoms with Crippen LogP contribution in [-0.2, 0) is 52.2 Å². The summed E-state index contributed by atoms with van der Waals surface area (Å²) in [4.78, 5) is 11.4. The molecule has 0 aliphatic carbocycles. The highest BCUT2D eigenvalue weighted by Gasteiger charge is 2.65. The van der Waals surface area contributed by atoms with Crippen molar-refractivity contribution < 1.29 is 77.7 Å². The number of carboxylic acid groups (broad SMARTS) is 1. The molecule has 10 aliphatic rings. The standard InChI is InChI=1S/C58H90O16/c1-30(18-31(2)28-59)19-42-32(3)21-48-55(6,73-42)27-46-53(70-48)54(64)58(9)50(68-46)26-45-40(74-58)13-11-10-12-39-38(66-45)16-17-47-56(7,71-39)29-57(8)49(69-47)25-44-41(72-57)15-14-37(61)43(67-44)24-35(60)23-36-20-33(4)52(65-36)34(5)22-51(62)63/h10-11,18,31,33-50,52-54,59-61,64H,3,12-17,19-29H2,1-2,4-9H3,(H,62,63)/b11-10-,30-18+/t31-,33-,34+,35+,36+,37-,38+,39-,40+,41+,42-,43+,44-,45-,46-,47-,48-,49+,50+,52+,53-,54+,55+,56+,57-,58+/m1/s1. The molecule has 0 aromatic rings. The fourth-order valence-corrected chi connectivity index (χ4v) is 15.5. The maximum absolute atomic E-state index is 12.3.